The molecular weight excluding hydrogens is 283 g/mol. The zero-order valence-electron chi connectivity index (χ0n) is 11.5. The average Bonchev–Trinajstić information content (AvgIpc) is 3.04. The summed E-state index contributed by atoms with van der Waals surface area (Å²) in [6.07, 6.45) is 0. The first kappa shape index (κ1) is 13.8. The van der Waals surface area contributed by atoms with Crippen LogP contribution in [0.5, 0.6) is 0 Å². The quantitative estimate of drug-likeness (QED) is 0.798. The van der Waals surface area contributed by atoms with E-state index in [0.717, 1.165) is 5.56 Å². The molecule has 0 saturated heterocycles. The first-order valence-corrected chi connectivity index (χ1v) is 6.58. The smallest absolute Gasteiger partial charge is 0.264 e. The fourth-order valence-corrected chi connectivity index (χ4v) is 1.95. The number of benzene rings is 2. The van der Waals surface area contributed by atoms with Crippen molar-refractivity contribution in [1.29, 1.82) is 5.26 Å². The standard InChI is InChI=1S/C16H11FN4O/c17-14-7-6-11(9-18)8-13(14)10-19-16-20-15(22-21-16)12-4-2-1-3-5-12/h1-8H,10H2,(H,19,21). The molecule has 2 aromatic carbocycles. The molecule has 3 rings (SSSR count). The molecule has 3 aromatic rings. The van der Waals surface area contributed by atoms with Crippen molar-refractivity contribution < 1.29 is 8.91 Å². The highest BCUT2D eigenvalue weighted by atomic mass is 19.1. The number of halogens is 1. The summed E-state index contributed by atoms with van der Waals surface area (Å²) in [5.74, 6) is 0.258. The Kier molecular flexibility index (Phi) is 3.79. The molecule has 5 nitrogen and oxygen atoms in total. The second kappa shape index (κ2) is 6.06. The molecule has 22 heavy (non-hydrogen) atoms. The fraction of sp³-hybridized carbons (Fsp3) is 0.0625. The molecule has 108 valence electrons. The third-order valence-electron chi connectivity index (χ3n) is 3.06. The van der Waals surface area contributed by atoms with Crippen molar-refractivity contribution in [3.8, 4) is 17.5 Å². The number of nitriles is 1. The van der Waals surface area contributed by atoms with Crippen molar-refractivity contribution in [2.45, 2.75) is 6.54 Å². The van der Waals surface area contributed by atoms with Gasteiger partial charge in [0.25, 0.3) is 11.8 Å². The van der Waals surface area contributed by atoms with Gasteiger partial charge in [0.2, 0.25) is 0 Å². The van der Waals surface area contributed by atoms with E-state index in [4.69, 9.17) is 9.78 Å². The van der Waals surface area contributed by atoms with E-state index in [1.807, 2.05) is 36.4 Å². The summed E-state index contributed by atoms with van der Waals surface area (Å²) in [7, 11) is 0. The van der Waals surface area contributed by atoms with Gasteiger partial charge in [-0.3, -0.25) is 0 Å². The molecule has 0 unspecified atom stereocenters. The van der Waals surface area contributed by atoms with Crippen LogP contribution in [-0.4, -0.2) is 10.1 Å². The van der Waals surface area contributed by atoms with Crippen molar-refractivity contribution in [3.05, 3.63) is 65.5 Å². The normalized spacial score (nSPS) is 10.2. The molecule has 0 aliphatic rings. The Hall–Kier alpha value is -3.20. The van der Waals surface area contributed by atoms with E-state index in [9.17, 15) is 4.39 Å². The molecule has 1 heterocycles. The molecule has 0 amide bonds. The molecule has 0 aliphatic carbocycles. The van der Waals surface area contributed by atoms with Gasteiger partial charge < -0.3 is 9.84 Å². The lowest BCUT2D eigenvalue weighted by Gasteiger charge is -2.03. The van der Waals surface area contributed by atoms with Gasteiger partial charge in [-0.2, -0.15) is 10.2 Å². The third kappa shape index (κ3) is 2.94. The summed E-state index contributed by atoms with van der Waals surface area (Å²) < 4.78 is 18.8. The predicted octanol–water partition coefficient (Wildman–Crippen LogP) is 3.36. The van der Waals surface area contributed by atoms with Crippen molar-refractivity contribution in [1.82, 2.24) is 10.1 Å². The van der Waals surface area contributed by atoms with Crippen molar-refractivity contribution in [2.75, 3.05) is 5.32 Å². The first-order chi connectivity index (χ1) is 10.8. The van der Waals surface area contributed by atoms with Gasteiger partial charge in [-0.15, -0.1) is 0 Å². The largest absolute Gasteiger partial charge is 0.347 e. The monoisotopic (exact) mass is 294 g/mol. The van der Waals surface area contributed by atoms with Crippen LogP contribution < -0.4 is 5.32 Å². The van der Waals surface area contributed by atoms with Gasteiger partial charge in [-0.1, -0.05) is 18.2 Å². The van der Waals surface area contributed by atoms with Crippen LogP contribution in [0.2, 0.25) is 0 Å². The van der Waals surface area contributed by atoms with Gasteiger partial charge in [0.15, 0.2) is 0 Å². The van der Waals surface area contributed by atoms with E-state index in [1.54, 1.807) is 0 Å². The maximum Gasteiger partial charge on any atom is 0.264 e. The van der Waals surface area contributed by atoms with Gasteiger partial charge in [0, 0.05) is 17.7 Å². The third-order valence-corrected chi connectivity index (χ3v) is 3.06. The minimum atomic E-state index is -0.390. The van der Waals surface area contributed by atoms with Crippen LogP contribution in [0.4, 0.5) is 10.3 Å². The molecule has 1 aromatic heterocycles. The number of nitrogens with one attached hydrogen (secondary N) is 1. The Labute approximate surface area is 126 Å². The Balaban J connectivity index is 1.73. The zero-order chi connectivity index (χ0) is 15.4. The molecular formula is C16H11FN4O. The van der Waals surface area contributed by atoms with Gasteiger partial charge in [0.05, 0.1) is 11.6 Å². The number of hydrogen-bond acceptors (Lipinski definition) is 5. The number of rotatable bonds is 4. The molecule has 0 fully saturated rings. The van der Waals surface area contributed by atoms with Gasteiger partial charge >= 0.3 is 0 Å². The van der Waals surface area contributed by atoms with Crippen LogP contribution in [-0.2, 0) is 6.54 Å². The zero-order valence-corrected chi connectivity index (χ0v) is 11.5. The lowest BCUT2D eigenvalue weighted by atomic mass is 10.1. The summed E-state index contributed by atoms with van der Waals surface area (Å²) in [4.78, 5) is 4.19. The van der Waals surface area contributed by atoms with Crippen molar-refractivity contribution >= 4 is 5.95 Å². The van der Waals surface area contributed by atoms with Gasteiger partial charge in [-0.25, -0.2) is 4.39 Å². The van der Waals surface area contributed by atoms with E-state index in [1.165, 1.54) is 18.2 Å². The van der Waals surface area contributed by atoms with E-state index in [-0.39, 0.29) is 12.5 Å². The van der Waals surface area contributed by atoms with Gasteiger partial charge in [0.1, 0.15) is 5.82 Å². The Morgan fingerprint density at radius 3 is 2.77 bits per heavy atom. The summed E-state index contributed by atoms with van der Waals surface area (Å²) in [5.41, 5.74) is 1.57. The van der Waals surface area contributed by atoms with Crippen LogP contribution >= 0.6 is 0 Å². The van der Waals surface area contributed by atoms with E-state index < -0.39 is 5.82 Å². The Bertz CT molecular complexity index is 824. The summed E-state index contributed by atoms with van der Waals surface area (Å²) in [6, 6.07) is 15.5. The average molecular weight is 294 g/mol. The molecule has 0 radical (unpaired) electrons. The number of anilines is 1. The minimum absolute atomic E-state index is 0.162. The van der Waals surface area contributed by atoms with Crippen LogP contribution in [0.3, 0.4) is 0 Å². The molecule has 0 aliphatic heterocycles. The second-order valence-electron chi connectivity index (χ2n) is 4.56. The van der Waals surface area contributed by atoms with Crippen molar-refractivity contribution in [3.63, 3.8) is 0 Å². The lowest BCUT2D eigenvalue weighted by Crippen LogP contribution is -2.03. The SMILES string of the molecule is N#Cc1ccc(F)c(CNc2noc(-c3ccccc3)n2)c1. The van der Waals surface area contributed by atoms with E-state index in [0.29, 0.717) is 17.0 Å². The second-order valence-corrected chi connectivity index (χ2v) is 4.56. The summed E-state index contributed by atoms with van der Waals surface area (Å²) >= 11 is 0. The molecule has 0 atom stereocenters. The summed E-state index contributed by atoms with van der Waals surface area (Å²) in [5, 5.41) is 15.5. The lowest BCUT2D eigenvalue weighted by molar-refractivity contribution is 0.432. The Morgan fingerprint density at radius 1 is 1.18 bits per heavy atom. The highest BCUT2D eigenvalue weighted by Gasteiger charge is 2.09. The van der Waals surface area contributed by atoms with Crippen LogP contribution in [0.15, 0.2) is 53.1 Å². The molecule has 0 bridgehead atoms. The fourth-order valence-electron chi connectivity index (χ4n) is 1.95. The van der Waals surface area contributed by atoms with E-state index in [2.05, 4.69) is 15.5 Å². The van der Waals surface area contributed by atoms with Crippen molar-refractivity contribution in [2.24, 2.45) is 0 Å². The van der Waals surface area contributed by atoms with Crippen LogP contribution in [0.25, 0.3) is 11.5 Å². The maximum absolute atomic E-state index is 13.7. The van der Waals surface area contributed by atoms with Crippen LogP contribution in [0, 0.1) is 17.1 Å². The highest BCUT2D eigenvalue weighted by molar-refractivity contribution is 5.53. The predicted molar refractivity (Wildman–Crippen MR) is 78.2 cm³/mol. The molecule has 6 heteroatoms. The minimum Gasteiger partial charge on any atom is -0.347 e. The summed E-state index contributed by atoms with van der Waals surface area (Å²) in [6.45, 7) is 0.162. The number of hydrogen-bond donors (Lipinski definition) is 1. The van der Waals surface area contributed by atoms with Crippen LogP contribution in [0.1, 0.15) is 11.1 Å². The maximum atomic E-state index is 13.7. The highest BCUT2D eigenvalue weighted by Crippen LogP contribution is 2.18. The Morgan fingerprint density at radius 2 is 2.00 bits per heavy atom. The number of aromatic nitrogens is 2. The topological polar surface area (TPSA) is 74.7 Å². The van der Waals surface area contributed by atoms with E-state index >= 15 is 0 Å². The number of nitrogens with zero attached hydrogens (tertiary/aromatic N) is 3. The molecule has 0 spiro atoms. The molecule has 0 saturated carbocycles. The first-order valence-electron chi connectivity index (χ1n) is 6.58. The molecule has 1 N–H and O–H groups in total. The van der Waals surface area contributed by atoms with Gasteiger partial charge in [-0.05, 0) is 35.5 Å².